The molecule has 152 valence electrons. The largest absolute Gasteiger partial charge is 0.411 e. The van der Waals surface area contributed by atoms with Crippen molar-refractivity contribution in [3.63, 3.8) is 0 Å². The number of ether oxygens (including phenoxy) is 1. The molecule has 1 aromatic rings. The third-order valence-corrected chi connectivity index (χ3v) is 5.00. The summed E-state index contributed by atoms with van der Waals surface area (Å²) in [6.45, 7) is 4.57. The Morgan fingerprint density at radius 3 is 2.44 bits per heavy atom. The molecule has 1 aliphatic heterocycles. The molecule has 0 radical (unpaired) electrons. The number of hydrogen-bond donors (Lipinski definition) is 1. The second-order valence-corrected chi connectivity index (χ2v) is 7.49. The first-order valence-corrected chi connectivity index (χ1v) is 9.71. The summed E-state index contributed by atoms with van der Waals surface area (Å²) in [5.74, 6) is -0.0497. The van der Waals surface area contributed by atoms with E-state index in [1.165, 1.54) is 0 Å². The Labute approximate surface area is 166 Å². The van der Waals surface area contributed by atoms with Gasteiger partial charge in [0, 0.05) is 49.5 Å². The van der Waals surface area contributed by atoms with E-state index >= 15 is 0 Å². The van der Waals surface area contributed by atoms with Gasteiger partial charge >= 0.3 is 6.18 Å². The van der Waals surface area contributed by atoms with Gasteiger partial charge in [-0.15, -0.1) is 0 Å². The van der Waals surface area contributed by atoms with E-state index in [-0.39, 0.29) is 18.6 Å². The van der Waals surface area contributed by atoms with Gasteiger partial charge in [0.05, 0.1) is 6.04 Å². The molecule has 1 heterocycles. The summed E-state index contributed by atoms with van der Waals surface area (Å²) in [5.41, 5.74) is 0.757. The summed E-state index contributed by atoms with van der Waals surface area (Å²) < 4.78 is 41.6. The van der Waals surface area contributed by atoms with E-state index in [1.807, 2.05) is 31.2 Å². The van der Waals surface area contributed by atoms with Crippen molar-refractivity contribution in [1.29, 1.82) is 0 Å². The van der Waals surface area contributed by atoms with E-state index in [2.05, 4.69) is 35.8 Å². The smallest absolute Gasteiger partial charge is 0.372 e. The topological polar surface area (TPSA) is 44.8 Å². The van der Waals surface area contributed by atoms with Crippen LogP contribution in [0.3, 0.4) is 0 Å². The SMILES string of the molecule is CC(C(=O)Nc1ccc(Br)cc1)N1CCN(CCCOCC(F)(F)F)CC1. The first kappa shape index (κ1) is 22.1. The Balaban J connectivity index is 1.65. The number of hydrogen-bond acceptors (Lipinski definition) is 4. The normalized spacial score (nSPS) is 17.7. The van der Waals surface area contributed by atoms with Crippen LogP contribution < -0.4 is 5.32 Å². The average molecular weight is 452 g/mol. The monoisotopic (exact) mass is 451 g/mol. The molecule has 1 N–H and O–H groups in total. The van der Waals surface area contributed by atoms with E-state index in [9.17, 15) is 18.0 Å². The number of rotatable bonds is 8. The van der Waals surface area contributed by atoms with Crippen molar-refractivity contribution in [1.82, 2.24) is 9.80 Å². The minimum atomic E-state index is -4.27. The summed E-state index contributed by atoms with van der Waals surface area (Å²) in [6, 6.07) is 7.18. The van der Waals surface area contributed by atoms with Gasteiger partial charge in [-0.1, -0.05) is 15.9 Å². The van der Waals surface area contributed by atoms with Crippen molar-refractivity contribution >= 4 is 27.5 Å². The van der Waals surface area contributed by atoms with Crippen molar-refractivity contribution in [2.75, 3.05) is 51.3 Å². The van der Waals surface area contributed by atoms with Crippen LogP contribution in [0, 0.1) is 0 Å². The second-order valence-electron chi connectivity index (χ2n) is 6.57. The molecular formula is C18H25BrF3N3O2. The zero-order chi connectivity index (χ0) is 19.9. The molecule has 0 aliphatic carbocycles. The zero-order valence-electron chi connectivity index (χ0n) is 15.3. The van der Waals surface area contributed by atoms with Gasteiger partial charge in [0.15, 0.2) is 0 Å². The van der Waals surface area contributed by atoms with Crippen molar-refractivity contribution in [2.45, 2.75) is 25.6 Å². The third kappa shape index (κ3) is 8.16. The first-order chi connectivity index (χ1) is 12.7. The number of carbonyl (C=O) groups excluding carboxylic acids is 1. The van der Waals surface area contributed by atoms with E-state index in [1.54, 1.807) is 0 Å². The lowest BCUT2D eigenvalue weighted by atomic mass is 10.2. The van der Waals surface area contributed by atoms with Gasteiger partial charge in [-0.25, -0.2) is 0 Å². The number of anilines is 1. The maximum atomic E-state index is 12.4. The summed E-state index contributed by atoms with van der Waals surface area (Å²) in [6.07, 6.45) is -3.70. The third-order valence-electron chi connectivity index (χ3n) is 4.47. The Hall–Kier alpha value is -1.16. The van der Waals surface area contributed by atoms with Gasteiger partial charge in [-0.2, -0.15) is 13.2 Å². The number of amides is 1. The zero-order valence-corrected chi connectivity index (χ0v) is 16.9. The molecule has 0 saturated carbocycles. The Morgan fingerprint density at radius 2 is 1.85 bits per heavy atom. The molecular weight excluding hydrogens is 427 g/mol. The number of benzene rings is 1. The summed E-state index contributed by atoms with van der Waals surface area (Å²) in [7, 11) is 0. The summed E-state index contributed by atoms with van der Waals surface area (Å²) in [4.78, 5) is 16.7. The Kier molecular flexibility index (Phi) is 8.53. The molecule has 1 aromatic carbocycles. The highest BCUT2D eigenvalue weighted by Crippen LogP contribution is 2.16. The number of carbonyl (C=O) groups is 1. The van der Waals surface area contributed by atoms with Crippen LogP contribution in [0.25, 0.3) is 0 Å². The van der Waals surface area contributed by atoms with E-state index in [0.29, 0.717) is 13.0 Å². The molecule has 0 bridgehead atoms. The highest BCUT2D eigenvalue weighted by atomic mass is 79.9. The van der Waals surface area contributed by atoms with Crippen molar-refractivity contribution in [2.24, 2.45) is 0 Å². The molecule has 5 nitrogen and oxygen atoms in total. The van der Waals surface area contributed by atoms with Gasteiger partial charge in [-0.05, 0) is 37.6 Å². The molecule has 1 saturated heterocycles. The molecule has 1 atom stereocenters. The quantitative estimate of drug-likeness (QED) is 0.615. The van der Waals surface area contributed by atoms with Crippen LogP contribution in [0.1, 0.15) is 13.3 Å². The van der Waals surface area contributed by atoms with Crippen molar-refractivity contribution in [3.05, 3.63) is 28.7 Å². The molecule has 27 heavy (non-hydrogen) atoms. The van der Waals surface area contributed by atoms with E-state index < -0.39 is 12.8 Å². The number of nitrogens with one attached hydrogen (secondary N) is 1. The molecule has 1 amide bonds. The van der Waals surface area contributed by atoms with Crippen LogP contribution >= 0.6 is 15.9 Å². The average Bonchev–Trinajstić information content (AvgIpc) is 2.62. The lowest BCUT2D eigenvalue weighted by Gasteiger charge is -2.37. The molecule has 1 aliphatic rings. The van der Waals surface area contributed by atoms with Crippen LogP contribution in [0.5, 0.6) is 0 Å². The number of piperazine rings is 1. The van der Waals surface area contributed by atoms with Crippen LogP contribution in [0.15, 0.2) is 28.7 Å². The van der Waals surface area contributed by atoms with E-state index in [4.69, 9.17) is 0 Å². The Morgan fingerprint density at radius 1 is 1.22 bits per heavy atom. The molecule has 1 fully saturated rings. The fourth-order valence-electron chi connectivity index (χ4n) is 2.90. The van der Waals surface area contributed by atoms with Crippen LogP contribution in [-0.2, 0) is 9.53 Å². The maximum Gasteiger partial charge on any atom is 0.411 e. The Bertz CT molecular complexity index is 591. The predicted octanol–water partition coefficient (Wildman–Crippen LogP) is 3.36. The standard InChI is InChI=1S/C18H25BrF3N3O2/c1-14(17(26)23-16-5-3-15(19)4-6-16)25-10-8-24(9-11-25)7-2-12-27-13-18(20,21)22/h3-6,14H,2,7-13H2,1H3,(H,23,26). The highest BCUT2D eigenvalue weighted by Gasteiger charge is 2.28. The van der Waals surface area contributed by atoms with Crippen LogP contribution in [0.4, 0.5) is 18.9 Å². The van der Waals surface area contributed by atoms with Crippen LogP contribution in [0.2, 0.25) is 0 Å². The predicted molar refractivity (Wildman–Crippen MR) is 102 cm³/mol. The summed E-state index contributed by atoms with van der Waals surface area (Å²) in [5, 5.41) is 2.91. The molecule has 0 spiro atoms. The van der Waals surface area contributed by atoms with Gasteiger partial charge in [0.2, 0.25) is 5.91 Å². The number of halogens is 4. The fourth-order valence-corrected chi connectivity index (χ4v) is 3.16. The maximum absolute atomic E-state index is 12.4. The van der Waals surface area contributed by atoms with Crippen LogP contribution in [-0.4, -0.2) is 73.9 Å². The van der Waals surface area contributed by atoms with Crippen molar-refractivity contribution in [3.8, 4) is 0 Å². The summed E-state index contributed by atoms with van der Waals surface area (Å²) >= 11 is 3.36. The lowest BCUT2D eigenvalue weighted by Crippen LogP contribution is -2.52. The fraction of sp³-hybridized carbons (Fsp3) is 0.611. The molecule has 1 unspecified atom stereocenters. The first-order valence-electron chi connectivity index (χ1n) is 8.92. The second kappa shape index (κ2) is 10.4. The lowest BCUT2D eigenvalue weighted by molar-refractivity contribution is -0.174. The van der Waals surface area contributed by atoms with E-state index in [0.717, 1.165) is 36.3 Å². The number of nitrogens with zero attached hydrogens (tertiary/aromatic N) is 2. The molecule has 0 aromatic heterocycles. The van der Waals surface area contributed by atoms with Crippen molar-refractivity contribution < 1.29 is 22.7 Å². The van der Waals surface area contributed by atoms with Gasteiger partial charge in [0.25, 0.3) is 0 Å². The minimum absolute atomic E-state index is 0.0497. The number of alkyl halides is 3. The molecule has 2 rings (SSSR count). The minimum Gasteiger partial charge on any atom is -0.372 e. The van der Waals surface area contributed by atoms with Gasteiger partial charge in [-0.3, -0.25) is 9.69 Å². The highest BCUT2D eigenvalue weighted by molar-refractivity contribution is 9.10. The van der Waals surface area contributed by atoms with Gasteiger partial charge in [0.1, 0.15) is 6.61 Å². The van der Waals surface area contributed by atoms with Gasteiger partial charge < -0.3 is 15.0 Å². The molecule has 9 heteroatoms.